The van der Waals surface area contributed by atoms with Crippen molar-refractivity contribution in [2.24, 2.45) is 0 Å². The molecule has 0 aliphatic carbocycles. The number of aromatic nitrogens is 3. The molecule has 0 saturated carbocycles. The predicted octanol–water partition coefficient (Wildman–Crippen LogP) is 4.33. The second-order valence-electron chi connectivity index (χ2n) is 8.81. The summed E-state index contributed by atoms with van der Waals surface area (Å²) in [6.07, 6.45) is 1.68. The first kappa shape index (κ1) is 22.7. The molecule has 1 N–H and O–H groups in total. The number of carbonyl (C=O) groups excluding carboxylic acids is 1. The molecule has 2 heterocycles. The third-order valence-corrected chi connectivity index (χ3v) is 6.58. The Morgan fingerprint density at radius 2 is 1.80 bits per heavy atom. The molecule has 3 aromatic carbocycles. The lowest BCUT2D eigenvalue weighted by atomic mass is 10.00. The second-order valence-corrected chi connectivity index (χ2v) is 8.81. The molecule has 1 aliphatic rings. The normalized spacial score (nSPS) is 14.7. The Morgan fingerprint density at radius 1 is 1.03 bits per heavy atom. The highest BCUT2D eigenvalue weighted by Gasteiger charge is 2.24. The van der Waals surface area contributed by atoms with Gasteiger partial charge in [0.2, 0.25) is 0 Å². The third-order valence-electron chi connectivity index (χ3n) is 6.58. The topological polar surface area (TPSA) is 75.5 Å². The van der Waals surface area contributed by atoms with Gasteiger partial charge in [-0.25, -0.2) is 14.5 Å². The number of benzene rings is 3. The number of nitrogens with zero attached hydrogens (tertiary/aromatic N) is 5. The lowest BCUT2D eigenvalue weighted by molar-refractivity contribution is 0.191. The Labute approximate surface area is 205 Å². The molecule has 0 spiro atoms. The summed E-state index contributed by atoms with van der Waals surface area (Å²) in [7, 11) is 1.66. The lowest BCUT2D eigenvalue weighted by Crippen LogP contribution is -2.52. The number of ether oxygens (including phenoxy) is 1. The van der Waals surface area contributed by atoms with Crippen LogP contribution in [-0.2, 0) is 0 Å². The van der Waals surface area contributed by atoms with Crippen molar-refractivity contribution in [1.82, 2.24) is 25.0 Å². The average Bonchev–Trinajstić information content (AvgIpc) is 3.33. The largest absolute Gasteiger partial charge is 0.494 e. The highest BCUT2D eigenvalue weighted by molar-refractivity contribution is 5.86. The zero-order chi connectivity index (χ0) is 24.4. The van der Waals surface area contributed by atoms with Gasteiger partial charge in [0.25, 0.3) is 0 Å². The molecule has 8 nitrogen and oxygen atoms in total. The molecule has 0 bridgehead atoms. The van der Waals surface area contributed by atoms with Crippen LogP contribution in [0.2, 0.25) is 0 Å². The molecule has 1 fully saturated rings. The minimum absolute atomic E-state index is 0.0282. The number of hydrogen-bond acceptors (Lipinski definition) is 5. The molecule has 4 aromatic rings. The van der Waals surface area contributed by atoms with Crippen molar-refractivity contribution in [2.75, 3.05) is 38.2 Å². The van der Waals surface area contributed by atoms with E-state index >= 15 is 0 Å². The fraction of sp³-hybridized carbons (Fsp3) is 0.296. The minimum Gasteiger partial charge on any atom is -0.494 e. The van der Waals surface area contributed by atoms with Crippen molar-refractivity contribution in [1.29, 1.82) is 0 Å². The third kappa shape index (κ3) is 4.64. The van der Waals surface area contributed by atoms with E-state index < -0.39 is 0 Å². The van der Waals surface area contributed by atoms with Gasteiger partial charge in [-0.2, -0.15) is 5.10 Å². The summed E-state index contributed by atoms with van der Waals surface area (Å²) in [6, 6.07) is 20.5. The van der Waals surface area contributed by atoms with Crippen LogP contribution in [0.1, 0.15) is 24.4 Å². The molecule has 180 valence electrons. The Hall–Kier alpha value is -4.07. The van der Waals surface area contributed by atoms with E-state index in [0.717, 1.165) is 35.8 Å². The number of carbonyl (C=O) groups is 1. The molecule has 1 aromatic heterocycles. The highest BCUT2D eigenvalue weighted by Crippen LogP contribution is 2.29. The maximum Gasteiger partial charge on any atom is 0.317 e. The Balaban J connectivity index is 1.22. The molecule has 35 heavy (non-hydrogen) atoms. The van der Waals surface area contributed by atoms with Crippen LogP contribution < -0.4 is 15.0 Å². The van der Waals surface area contributed by atoms with Crippen LogP contribution in [-0.4, -0.2) is 59.0 Å². The second kappa shape index (κ2) is 9.66. The van der Waals surface area contributed by atoms with E-state index in [1.807, 2.05) is 49.1 Å². The summed E-state index contributed by atoms with van der Waals surface area (Å²) in [5.74, 6) is 1.44. The van der Waals surface area contributed by atoms with Gasteiger partial charge in [0.15, 0.2) is 0 Å². The Bertz CT molecular complexity index is 1340. The van der Waals surface area contributed by atoms with Gasteiger partial charge in [-0.15, -0.1) is 0 Å². The number of amides is 2. The number of hydrogen-bond donors (Lipinski definition) is 1. The summed E-state index contributed by atoms with van der Waals surface area (Å²) < 4.78 is 7.35. The van der Waals surface area contributed by atoms with Crippen molar-refractivity contribution >= 4 is 22.5 Å². The van der Waals surface area contributed by atoms with Crippen LogP contribution in [0.15, 0.2) is 67.0 Å². The van der Waals surface area contributed by atoms with Gasteiger partial charge in [0, 0.05) is 37.9 Å². The van der Waals surface area contributed by atoms with Crippen LogP contribution in [0.25, 0.3) is 16.5 Å². The van der Waals surface area contributed by atoms with E-state index in [-0.39, 0.29) is 12.1 Å². The smallest absolute Gasteiger partial charge is 0.317 e. The standard InChI is InChI=1S/C27H30N6O2/c1-19(23-10-6-8-21-7-4-5-9-24(21)23)29-27(34)32-15-13-31(14-16-32)22-11-12-25(26(17-22)35-3)33-18-28-20(2)30-33/h4-12,17-19H,13-16H2,1-3H3,(H,29,34)/t19-/m0/s1. The summed E-state index contributed by atoms with van der Waals surface area (Å²) in [4.78, 5) is 21.4. The van der Waals surface area contributed by atoms with Crippen molar-refractivity contribution < 1.29 is 9.53 Å². The molecule has 2 amide bonds. The van der Waals surface area contributed by atoms with Gasteiger partial charge in [-0.05, 0) is 42.3 Å². The molecule has 5 rings (SSSR count). The van der Waals surface area contributed by atoms with Crippen molar-refractivity contribution in [3.05, 3.63) is 78.4 Å². The number of fused-ring (bicyclic) bond motifs is 1. The first-order chi connectivity index (χ1) is 17.0. The van der Waals surface area contributed by atoms with Gasteiger partial charge in [-0.3, -0.25) is 0 Å². The number of nitrogens with one attached hydrogen (secondary N) is 1. The molecule has 8 heteroatoms. The molecule has 0 radical (unpaired) electrons. The molecule has 1 saturated heterocycles. The molecular weight excluding hydrogens is 440 g/mol. The zero-order valence-corrected chi connectivity index (χ0v) is 20.3. The predicted molar refractivity (Wildman–Crippen MR) is 137 cm³/mol. The lowest BCUT2D eigenvalue weighted by Gasteiger charge is -2.36. The first-order valence-corrected chi connectivity index (χ1v) is 11.9. The number of urea groups is 1. The van der Waals surface area contributed by atoms with Gasteiger partial charge >= 0.3 is 6.03 Å². The molecule has 1 atom stereocenters. The Morgan fingerprint density at radius 3 is 2.54 bits per heavy atom. The summed E-state index contributed by atoms with van der Waals surface area (Å²) in [5.41, 5.74) is 3.04. The van der Waals surface area contributed by atoms with E-state index in [1.54, 1.807) is 18.1 Å². The molecular formula is C27H30N6O2. The monoisotopic (exact) mass is 470 g/mol. The van der Waals surface area contributed by atoms with E-state index in [0.29, 0.717) is 18.9 Å². The Kier molecular flexibility index (Phi) is 6.27. The number of anilines is 1. The first-order valence-electron chi connectivity index (χ1n) is 11.9. The fourth-order valence-corrected chi connectivity index (χ4v) is 4.66. The van der Waals surface area contributed by atoms with Crippen molar-refractivity contribution in [3.8, 4) is 11.4 Å². The SMILES string of the molecule is COc1cc(N2CCN(C(=O)N[C@@H](C)c3cccc4ccccc34)CC2)ccc1-n1cnc(C)n1. The average molecular weight is 471 g/mol. The summed E-state index contributed by atoms with van der Waals surface area (Å²) in [6.45, 7) is 6.71. The number of aryl methyl sites for hydroxylation is 1. The summed E-state index contributed by atoms with van der Waals surface area (Å²) in [5, 5.41) is 9.93. The minimum atomic E-state index is -0.0798. The highest BCUT2D eigenvalue weighted by atomic mass is 16.5. The van der Waals surface area contributed by atoms with Crippen LogP contribution in [0.3, 0.4) is 0 Å². The van der Waals surface area contributed by atoms with E-state index in [1.165, 1.54) is 10.8 Å². The maximum absolute atomic E-state index is 13.0. The van der Waals surface area contributed by atoms with E-state index in [4.69, 9.17) is 4.74 Å². The van der Waals surface area contributed by atoms with Crippen LogP contribution in [0.5, 0.6) is 5.75 Å². The number of piperazine rings is 1. The molecule has 0 unspecified atom stereocenters. The van der Waals surface area contributed by atoms with Crippen LogP contribution in [0.4, 0.5) is 10.5 Å². The van der Waals surface area contributed by atoms with Crippen LogP contribution >= 0.6 is 0 Å². The zero-order valence-electron chi connectivity index (χ0n) is 20.3. The van der Waals surface area contributed by atoms with Gasteiger partial charge in [0.05, 0.1) is 13.2 Å². The quantitative estimate of drug-likeness (QED) is 0.470. The summed E-state index contributed by atoms with van der Waals surface area (Å²) >= 11 is 0. The van der Waals surface area contributed by atoms with Crippen molar-refractivity contribution in [3.63, 3.8) is 0 Å². The number of rotatable bonds is 5. The van der Waals surface area contributed by atoms with Gasteiger partial charge in [0.1, 0.15) is 23.6 Å². The van der Waals surface area contributed by atoms with E-state index in [9.17, 15) is 4.79 Å². The van der Waals surface area contributed by atoms with Gasteiger partial charge in [-0.1, -0.05) is 42.5 Å². The van der Waals surface area contributed by atoms with Crippen LogP contribution in [0, 0.1) is 6.92 Å². The van der Waals surface area contributed by atoms with E-state index in [2.05, 4.69) is 50.6 Å². The number of methoxy groups -OCH3 is 1. The maximum atomic E-state index is 13.0. The fourth-order valence-electron chi connectivity index (χ4n) is 4.66. The van der Waals surface area contributed by atoms with Gasteiger partial charge < -0.3 is 19.9 Å². The van der Waals surface area contributed by atoms with Crippen molar-refractivity contribution in [2.45, 2.75) is 19.9 Å². The molecule has 1 aliphatic heterocycles.